The van der Waals surface area contributed by atoms with Crippen LogP contribution < -0.4 is 0 Å². The fourth-order valence-corrected chi connectivity index (χ4v) is 3.08. The molecule has 0 radical (unpaired) electrons. The second kappa shape index (κ2) is 13.5. The summed E-state index contributed by atoms with van der Waals surface area (Å²) in [6.07, 6.45) is 15.8. The Morgan fingerprint density at radius 1 is 1.04 bits per heavy atom. The average molecular weight is 393 g/mol. The molecule has 28 heavy (non-hydrogen) atoms. The standard InChI is InChI=1S/C16H27N3O.C4H4O4/c1-2-3-4-5-6-7-16(20)18-11-8-15(9-12-18)19-13-10-17-14-19;5-3(6)1-2-4(7)8/h10,13-15H,2-9,11-12H2,1H3;1-2H,(H,5,6)(H,7,8)/b;2-1+. The van der Waals surface area contributed by atoms with Crippen molar-refractivity contribution >= 4 is 17.8 Å². The normalized spacial score (nSPS) is 14.5. The lowest BCUT2D eigenvalue weighted by Gasteiger charge is -2.32. The van der Waals surface area contributed by atoms with Gasteiger partial charge < -0.3 is 19.7 Å². The summed E-state index contributed by atoms with van der Waals surface area (Å²) in [4.78, 5) is 37.4. The Kier molecular flexibility index (Phi) is 11.3. The summed E-state index contributed by atoms with van der Waals surface area (Å²) < 4.78 is 2.17. The molecule has 0 atom stereocenters. The molecule has 1 aromatic rings. The molecule has 0 saturated carbocycles. The number of amides is 1. The number of unbranched alkanes of at least 4 members (excludes halogenated alkanes) is 4. The van der Waals surface area contributed by atoms with Crippen molar-refractivity contribution in [2.45, 2.75) is 64.3 Å². The molecule has 0 aliphatic carbocycles. The molecule has 2 rings (SSSR count). The minimum atomic E-state index is -1.26. The highest BCUT2D eigenvalue weighted by Gasteiger charge is 2.22. The van der Waals surface area contributed by atoms with Crippen LogP contribution in [-0.2, 0) is 14.4 Å². The van der Waals surface area contributed by atoms with E-state index in [2.05, 4.69) is 16.5 Å². The predicted octanol–water partition coefficient (Wildman–Crippen LogP) is 3.12. The first-order valence-electron chi connectivity index (χ1n) is 9.83. The molecule has 0 bridgehead atoms. The fraction of sp³-hybridized carbons (Fsp3) is 0.600. The second-order valence-corrected chi connectivity index (χ2v) is 6.80. The Morgan fingerprint density at radius 2 is 1.64 bits per heavy atom. The number of nitrogens with zero attached hydrogens (tertiary/aromatic N) is 3. The summed E-state index contributed by atoms with van der Waals surface area (Å²) in [5, 5.41) is 15.6. The molecule has 2 N–H and O–H groups in total. The molecule has 2 heterocycles. The fourth-order valence-electron chi connectivity index (χ4n) is 3.08. The SMILES string of the molecule is CCCCCCCC(=O)N1CCC(n2ccnc2)CC1.O=C(O)/C=C/C(=O)O. The van der Waals surface area contributed by atoms with Crippen LogP contribution in [-0.4, -0.2) is 55.6 Å². The molecule has 0 unspecified atom stereocenters. The molecule has 1 amide bonds. The summed E-state index contributed by atoms with van der Waals surface area (Å²) in [7, 11) is 0. The molecule has 0 spiro atoms. The molecule has 8 nitrogen and oxygen atoms in total. The zero-order valence-electron chi connectivity index (χ0n) is 16.5. The third kappa shape index (κ3) is 9.89. The van der Waals surface area contributed by atoms with Crippen LogP contribution in [0.3, 0.4) is 0 Å². The van der Waals surface area contributed by atoms with Gasteiger partial charge in [0, 0.05) is 50.1 Å². The third-order valence-electron chi connectivity index (χ3n) is 4.63. The number of hydrogen-bond acceptors (Lipinski definition) is 4. The first-order chi connectivity index (χ1) is 13.4. The van der Waals surface area contributed by atoms with Crippen molar-refractivity contribution in [3.05, 3.63) is 30.9 Å². The minimum absolute atomic E-state index is 0.352. The number of carbonyl (C=O) groups excluding carboxylic acids is 1. The van der Waals surface area contributed by atoms with Gasteiger partial charge in [-0.15, -0.1) is 0 Å². The largest absolute Gasteiger partial charge is 0.478 e. The topological polar surface area (TPSA) is 113 Å². The van der Waals surface area contributed by atoms with Gasteiger partial charge in [-0.2, -0.15) is 0 Å². The number of rotatable bonds is 9. The molecule has 156 valence electrons. The van der Waals surface area contributed by atoms with Gasteiger partial charge in [0.1, 0.15) is 0 Å². The van der Waals surface area contributed by atoms with E-state index in [0.717, 1.165) is 38.8 Å². The minimum Gasteiger partial charge on any atom is -0.478 e. The first-order valence-corrected chi connectivity index (χ1v) is 9.83. The maximum Gasteiger partial charge on any atom is 0.328 e. The molecule has 8 heteroatoms. The van der Waals surface area contributed by atoms with Gasteiger partial charge in [0.2, 0.25) is 5.91 Å². The van der Waals surface area contributed by atoms with Crippen LogP contribution in [0.2, 0.25) is 0 Å². The zero-order chi connectivity index (χ0) is 20.8. The zero-order valence-corrected chi connectivity index (χ0v) is 16.5. The van der Waals surface area contributed by atoms with Crippen molar-refractivity contribution in [1.82, 2.24) is 14.5 Å². The Hall–Kier alpha value is -2.64. The molecular formula is C20H31N3O5. The van der Waals surface area contributed by atoms with E-state index in [1.165, 1.54) is 25.7 Å². The lowest BCUT2D eigenvalue weighted by molar-refractivity contribution is -0.134. The molecule has 1 saturated heterocycles. The van der Waals surface area contributed by atoms with Crippen LogP contribution in [0, 0.1) is 0 Å². The summed E-state index contributed by atoms with van der Waals surface area (Å²) in [6.45, 7) is 4.02. The Balaban J connectivity index is 0.000000416. The highest BCUT2D eigenvalue weighted by atomic mass is 16.4. The van der Waals surface area contributed by atoms with Gasteiger partial charge in [-0.3, -0.25) is 4.79 Å². The highest BCUT2D eigenvalue weighted by Crippen LogP contribution is 2.22. The molecule has 1 aliphatic heterocycles. The van der Waals surface area contributed by atoms with Gasteiger partial charge in [0.15, 0.2) is 0 Å². The maximum absolute atomic E-state index is 12.1. The van der Waals surface area contributed by atoms with Crippen molar-refractivity contribution in [3.63, 3.8) is 0 Å². The van der Waals surface area contributed by atoms with Gasteiger partial charge in [-0.05, 0) is 19.3 Å². The number of carbonyl (C=O) groups is 3. The highest BCUT2D eigenvalue weighted by molar-refractivity contribution is 5.89. The van der Waals surface area contributed by atoms with E-state index < -0.39 is 11.9 Å². The lowest BCUT2D eigenvalue weighted by atomic mass is 10.0. The number of likely N-dealkylation sites (tertiary alicyclic amines) is 1. The predicted molar refractivity (Wildman–Crippen MR) is 105 cm³/mol. The van der Waals surface area contributed by atoms with Crippen molar-refractivity contribution in [1.29, 1.82) is 0 Å². The van der Waals surface area contributed by atoms with Crippen molar-refractivity contribution in [2.75, 3.05) is 13.1 Å². The lowest BCUT2D eigenvalue weighted by Crippen LogP contribution is -2.38. The molecule has 0 aromatic carbocycles. The van der Waals surface area contributed by atoms with E-state index in [-0.39, 0.29) is 0 Å². The van der Waals surface area contributed by atoms with E-state index in [0.29, 0.717) is 24.1 Å². The van der Waals surface area contributed by atoms with Crippen LogP contribution in [0.15, 0.2) is 30.9 Å². The average Bonchev–Trinajstić information content (AvgIpc) is 3.21. The van der Waals surface area contributed by atoms with Crippen LogP contribution in [0.4, 0.5) is 0 Å². The van der Waals surface area contributed by atoms with E-state index in [9.17, 15) is 14.4 Å². The van der Waals surface area contributed by atoms with Gasteiger partial charge >= 0.3 is 11.9 Å². The number of imidazole rings is 1. The van der Waals surface area contributed by atoms with Gasteiger partial charge in [0.05, 0.1) is 6.33 Å². The molecular weight excluding hydrogens is 362 g/mol. The number of carboxylic acids is 2. The van der Waals surface area contributed by atoms with E-state index in [1.54, 1.807) is 0 Å². The van der Waals surface area contributed by atoms with E-state index >= 15 is 0 Å². The smallest absolute Gasteiger partial charge is 0.328 e. The van der Waals surface area contributed by atoms with E-state index in [1.807, 2.05) is 23.6 Å². The van der Waals surface area contributed by atoms with Crippen LogP contribution in [0.1, 0.15) is 64.3 Å². The summed E-state index contributed by atoms with van der Waals surface area (Å²) in [6, 6.07) is 0.520. The molecule has 1 fully saturated rings. The van der Waals surface area contributed by atoms with Crippen molar-refractivity contribution < 1.29 is 24.6 Å². The van der Waals surface area contributed by atoms with Crippen LogP contribution >= 0.6 is 0 Å². The monoisotopic (exact) mass is 393 g/mol. The van der Waals surface area contributed by atoms with Gasteiger partial charge in [-0.25, -0.2) is 14.6 Å². The summed E-state index contributed by atoms with van der Waals surface area (Å²) in [5.74, 6) is -2.16. The summed E-state index contributed by atoms with van der Waals surface area (Å²) in [5.41, 5.74) is 0. The first kappa shape index (κ1) is 23.4. The Labute approximate surface area is 165 Å². The van der Waals surface area contributed by atoms with Crippen molar-refractivity contribution in [3.8, 4) is 0 Å². The second-order valence-electron chi connectivity index (χ2n) is 6.80. The van der Waals surface area contributed by atoms with Crippen LogP contribution in [0.5, 0.6) is 0 Å². The van der Waals surface area contributed by atoms with Gasteiger partial charge in [-0.1, -0.05) is 32.6 Å². The van der Waals surface area contributed by atoms with Gasteiger partial charge in [0.25, 0.3) is 0 Å². The van der Waals surface area contributed by atoms with Crippen molar-refractivity contribution in [2.24, 2.45) is 0 Å². The number of aromatic nitrogens is 2. The number of aliphatic carboxylic acids is 2. The maximum atomic E-state index is 12.1. The third-order valence-corrected chi connectivity index (χ3v) is 4.63. The Bertz CT molecular complexity index is 604. The Morgan fingerprint density at radius 3 is 2.14 bits per heavy atom. The number of carboxylic acid groups (broad SMARTS) is 2. The number of piperidine rings is 1. The molecule has 1 aliphatic rings. The molecule has 1 aromatic heterocycles. The quantitative estimate of drug-likeness (QED) is 0.492. The summed E-state index contributed by atoms with van der Waals surface area (Å²) >= 11 is 0. The number of hydrogen-bond donors (Lipinski definition) is 2. The van der Waals surface area contributed by atoms with E-state index in [4.69, 9.17) is 10.2 Å². The van der Waals surface area contributed by atoms with Crippen LogP contribution in [0.25, 0.3) is 0 Å².